The van der Waals surface area contributed by atoms with Crippen molar-refractivity contribution in [3.05, 3.63) is 89.9 Å². The van der Waals surface area contributed by atoms with Gasteiger partial charge in [-0.15, -0.1) is 0 Å². The van der Waals surface area contributed by atoms with Gasteiger partial charge in [-0.3, -0.25) is 0 Å². The molecular weight excluding hydrogens is 398 g/mol. The Balaban J connectivity index is 1.57. The van der Waals surface area contributed by atoms with Gasteiger partial charge in [0.05, 0.1) is 17.4 Å². The van der Waals surface area contributed by atoms with Crippen LogP contribution in [0.4, 0.5) is 11.6 Å². The Bertz CT molecular complexity index is 1480. The number of anilines is 2. The number of hydrogen-bond acceptors (Lipinski definition) is 6. The molecule has 0 aliphatic heterocycles. The van der Waals surface area contributed by atoms with Crippen molar-refractivity contribution in [3.63, 3.8) is 0 Å². The summed E-state index contributed by atoms with van der Waals surface area (Å²) in [6.07, 6.45) is 1.52. The van der Waals surface area contributed by atoms with E-state index in [1.165, 1.54) is 11.8 Å². The molecule has 0 radical (unpaired) electrons. The normalized spacial score (nSPS) is 10.8. The zero-order valence-corrected chi connectivity index (χ0v) is 17.6. The number of hydrogen-bond donors (Lipinski definition) is 1. The smallest absolute Gasteiger partial charge is 0.156 e. The molecule has 0 spiro atoms. The van der Waals surface area contributed by atoms with Gasteiger partial charge in [-0.1, -0.05) is 48.0 Å². The molecule has 1 N–H and O–H groups in total. The van der Waals surface area contributed by atoms with Gasteiger partial charge in [-0.25, -0.2) is 15.0 Å². The first kappa shape index (κ1) is 19.4. The van der Waals surface area contributed by atoms with Crippen LogP contribution in [0.25, 0.3) is 28.0 Å². The fraction of sp³-hybridized carbons (Fsp3) is 0.0800. The third kappa shape index (κ3) is 3.66. The second-order valence-corrected chi connectivity index (χ2v) is 7.47. The van der Waals surface area contributed by atoms with Crippen molar-refractivity contribution < 1.29 is 0 Å². The maximum Gasteiger partial charge on any atom is 0.156 e. The number of pyridine rings is 1. The number of benzene rings is 2. The number of fused-ring (bicyclic) bond motifs is 1. The number of rotatable bonds is 4. The highest BCUT2D eigenvalue weighted by Gasteiger charge is 2.15. The Morgan fingerprint density at radius 2 is 1.72 bits per heavy atom. The summed E-state index contributed by atoms with van der Waals surface area (Å²) in [5.74, 6) is 2.31. The minimum Gasteiger partial charge on any atom is -0.324 e. The second-order valence-electron chi connectivity index (χ2n) is 7.47. The Morgan fingerprint density at radius 3 is 2.53 bits per heavy atom. The van der Waals surface area contributed by atoms with Crippen molar-refractivity contribution in [1.82, 2.24) is 24.7 Å². The van der Waals surface area contributed by atoms with E-state index in [0.717, 1.165) is 22.2 Å². The lowest BCUT2D eigenvalue weighted by Gasteiger charge is -2.12. The van der Waals surface area contributed by atoms with E-state index in [1.807, 2.05) is 80.6 Å². The minimum atomic E-state index is 0.396. The van der Waals surface area contributed by atoms with Gasteiger partial charge in [0.2, 0.25) is 0 Å². The van der Waals surface area contributed by atoms with Crippen LogP contribution in [0.15, 0.2) is 72.9 Å². The Hall–Kier alpha value is -4.57. The lowest BCUT2D eigenvalue weighted by Crippen LogP contribution is -2.07. The highest BCUT2D eigenvalue weighted by Crippen LogP contribution is 2.26. The predicted octanol–water partition coefficient (Wildman–Crippen LogP) is 5.11. The standard InChI is InChI=1S/C25H19N7/c1-16-7-9-19(10-8-16)22-13-23(29-17(2)28-22)31-25-20(14-26)15-27-32(25)24-12-11-18-5-3-4-6-21(18)30-24/h3-13,15H,1-2H3,(H,28,29,31). The van der Waals surface area contributed by atoms with Crippen molar-refractivity contribution in [1.29, 1.82) is 5.26 Å². The fourth-order valence-electron chi connectivity index (χ4n) is 3.52. The van der Waals surface area contributed by atoms with Crippen LogP contribution in [0.3, 0.4) is 0 Å². The van der Waals surface area contributed by atoms with Crippen molar-refractivity contribution >= 4 is 22.5 Å². The van der Waals surface area contributed by atoms with Gasteiger partial charge < -0.3 is 5.32 Å². The van der Waals surface area contributed by atoms with Crippen LogP contribution in [-0.2, 0) is 0 Å². The SMILES string of the molecule is Cc1ccc(-c2cc(Nc3c(C#N)cnn3-c3ccc4ccccc4n3)nc(C)n2)cc1. The summed E-state index contributed by atoms with van der Waals surface area (Å²) < 4.78 is 1.62. The topological polar surface area (TPSA) is 92.3 Å². The van der Waals surface area contributed by atoms with E-state index in [4.69, 9.17) is 4.98 Å². The number of nitrogens with one attached hydrogen (secondary N) is 1. The second kappa shape index (κ2) is 7.93. The molecule has 5 rings (SSSR count). The molecule has 0 saturated carbocycles. The van der Waals surface area contributed by atoms with Crippen LogP contribution in [0.5, 0.6) is 0 Å². The van der Waals surface area contributed by atoms with Crippen LogP contribution < -0.4 is 5.32 Å². The molecular formula is C25H19N7. The van der Waals surface area contributed by atoms with Crippen molar-refractivity contribution in [2.45, 2.75) is 13.8 Å². The summed E-state index contributed by atoms with van der Waals surface area (Å²) in [5, 5.41) is 18.3. The van der Waals surface area contributed by atoms with Crippen LogP contribution in [0.2, 0.25) is 0 Å². The first-order valence-electron chi connectivity index (χ1n) is 10.1. The van der Waals surface area contributed by atoms with Gasteiger partial charge >= 0.3 is 0 Å². The summed E-state index contributed by atoms with van der Waals surface area (Å²) >= 11 is 0. The molecule has 3 aromatic heterocycles. The third-order valence-electron chi connectivity index (χ3n) is 5.12. The average Bonchev–Trinajstić information content (AvgIpc) is 3.21. The fourth-order valence-corrected chi connectivity index (χ4v) is 3.52. The molecule has 7 heteroatoms. The molecule has 0 bridgehead atoms. The highest BCUT2D eigenvalue weighted by molar-refractivity contribution is 5.79. The van der Waals surface area contributed by atoms with E-state index in [1.54, 1.807) is 4.68 Å². The van der Waals surface area contributed by atoms with E-state index in [9.17, 15) is 5.26 Å². The van der Waals surface area contributed by atoms with Gasteiger partial charge in [0.15, 0.2) is 11.6 Å². The number of aryl methyl sites for hydroxylation is 2. The zero-order valence-electron chi connectivity index (χ0n) is 17.6. The lowest BCUT2D eigenvalue weighted by molar-refractivity contribution is 0.858. The molecule has 0 atom stereocenters. The monoisotopic (exact) mass is 417 g/mol. The number of nitrogens with zero attached hydrogens (tertiary/aromatic N) is 6. The van der Waals surface area contributed by atoms with Crippen LogP contribution in [0, 0.1) is 25.2 Å². The predicted molar refractivity (Wildman–Crippen MR) is 124 cm³/mol. The summed E-state index contributed by atoms with van der Waals surface area (Å²) in [6, 6.07) is 24.0. The van der Waals surface area contributed by atoms with Gasteiger partial charge in [-0.2, -0.15) is 15.0 Å². The zero-order chi connectivity index (χ0) is 22.1. The molecule has 154 valence electrons. The molecule has 0 unspecified atom stereocenters. The van der Waals surface area contributed by atoms with Gasteiger partial charge in [0.1, 0.15) is 23.3 Å². The highest BCUT2D eigenvalue weighted by atomic mass is 15.4. The summed E-state index contributed by atoms with van der Waals surface area (Å²) in [6.45, 7) is 3.89. The van der Waals surface area contributed by atoms with Crippen LogP contribution in [-0.4, -0.2) is 24.7 Å². The lowest BCUT2D eigenvalue weighted by atomic mass is 10.1. The van der Waals surface area contributed by atoms with Crippen LogP contribution >= 0.6 is 0 Å². The molecule has 5 aromatic rings. The minimum absolute atomic E-state index is 0.396. The van der Waals surface area contributed by atoms with E-state index in [0.29, 0.717) is 28.8 Å². The molecule has 7 nitrogen and oxygen atoms in total. The molecule has 2 aromatic carbocycles. The maximum atomic E-state index is 9.65. The van der Waals surface area contributed by atoms with Gasteiger partial charge in [0.25, 0.3) is 0 Å². The number of aromatic nitrogens is 5. The van der Waals surface area contributed by atoms with Crippen LogP contribution in [0.1, 0.15) is 17.0 Å². The third-order valence-corrected chi connectivity index (χ3v) is 5.12. The average molecular weight is 417 g/mol. The van der Waals surface area contributed by atoms with E-state index in [-0.39, 0.29) is 0 Å². The molecule has 3 heterocycles. The molecule has 0 aliphatic rings. The Kier molecular flexibility index (Phi) is 4.81. The largest absolute Gasteiger partial charge is 0.324 e. The molecule has 0 saturated heterocycles. The van der Waals surface area contributed by atoms with Crippen molar-refractivity contribution in [3.8, 4) is 23.1 Å². The van der Waals surface area contributed by atoms with Crippen molar-refractivity contribution in [2.24, 2.45) is 0 Å². The first-order chi connectivity index (χ1) is 15.6. The van der Waals surface area contributed by atoms with Gasteiger partial charge in [-0.05, 0) is 32.0 Å². The van der Waals surface area contributed by atoms with Gasteiger partial charge in [0, 0.05) is 17.0 Å². The quantitative estimate of drug-likeness (QED) is 0.437. The Morgan fingerprint density at radius 1 is 0.906 bits per heavy atom. The number of para-hydroxylation sites is 1. The first-order valence-corrected chi connectivity index (χ1v) is 10.1. The summed E-state index contributed by atoms with van der Waals surface area (Å²) in [4.78, 5) is 13.8. The molecule has 0 aliphatic carbocycles. The van der Waals surface area contributed by atoms with E-state index in [2.05, 4.69) is 26.5 Å². The summed E-state index contributed by atoms with van der Waals surface area (Å²) in [5.41, 5.74) is 4.23. The van der Waals surface area contributed by atoms with Crippen molar-refractivity contribution in [2.75, 3.05) is 5.32 Å². The Labute approximate surface area is 185 Å². The van der Waals surface area contributed by atoms with E-state index >= 15 is 0 Å². The van der Waals surface area contributed by atoms with E-state index < -0.39 is 0 Å². The number of nitriles is 1. The molecule has 0 fully saturated rings. The maximum absolute atomic E-state index is 9.65. The summed E-state index contributed by atoms with van der Waals surface area (Å²) in [7, 11) is 0. The molecule has 0 amide bonds. The molecule has 32 heavy (non-hydrogen) atoms.